The Kier molecular flexibility index (Phi) is 7.60. The number of thiazole rings is 1. The van der Waals surface area contributed by atoms with Crippen LogP contribution < -0.4 is 4.90 Å². The van der Waals surface area contributed by atoms with Crippen LogP contribution in [0, 0.1) is 27.2 Å². The summed E-state index contributed by atoms with van der Waals surface area (Å²) in [5.74, 6) is -0.584. The maximum Gasteiger partial charge on any atom is 0.277 e. The number of rotatable bonds is 7. The highest BCUT2D eigenvalue weighted by molar-refractivity contribution is 7.22. The zero-order valence-corrected chi connectivity index (χ0v) is 18.6. The molecule has 31 heavy (non-hydrogen) atoms. The number of likely N-dealkylation sites (N-methyl/N-ethyl adjacent to an activating group) is 1. The Morgan fingerprint density at radius 1 is 1.03 bits per heavy atom. The average molecular weight is 466 g/mol. The van der Waals surface area contributed by atoms with Gasteiger partial charge in [0, 0.05) is 25.2 Å². The van der Waals surface area contributed by atoms with Gasteiger partial charge in [0.1, 0.15) is 0 Å². The normalized spacial score (nSPS) is 10.7. The molecule has 2 aromatic carbocycles. The van der Waals surface area contributed by atoms with E-state index in [0.29, 0.717) is 11.7 Å². The first-order chi connectivity index (χ1) is 14.2. The van der Waals surface area contributed by atoms with E-state index in [1.54, 1.807) is 0 Å². The summed E-state index contributed by atoms with van der Waals surface area (Å²) in [6, 6.07) is 8.68. The fraction of sp³-hybridized carbons (Fsp3) is 0.263. The first kappa shape index (κ1) is 24.1. The number of carbonyl (C=O) groups is 1. The van der Waals surface area contributed by atoms with Crippen molar-refractivity contribution in [3.05, 3.63) is 67.8 Å². The van der Waals surface area contributed by atoms with Gasteiger partial charge in [0.05, 0.1) is 31.7 Å². The molecule has 1 heterocycles. The molecule has 0 aliphatic carbocycles. The minimum atomic E-state index is -0.756. The van der Waals surface area contributed by atoms with E-state index >= 15 is 0 Å². The van der Waals surface area contributed by atoms with Crippen LogP contribution in [0.4, 0.5) is 16.5 Å². The number of hydrogen-bond acceptors (Lipinski definition) is 8. The number of nitrogens with zero attached hydrogens (tertiary/aromatic N) is 5. The molecule has 10 nitrogen and oxygen atoms in total. The second-order valence-electron chi connectivity index (χ2n) is 6.98. The number of non-ortho nitro benzene ring substituents is 2. The lowest BCUT2D eigenvalue weighted by Crippen LogP contribution is -2.36. The molecule has 0 aliphatic heterocycles. The number of amides is 1. The van der Waals surface area contributed by atoms with E-state index in [2.05, 4.69) is 4.98 Å². The van der Waals surface area contributed by atoms with Crippen molar-refractivity contribution in [1.29, 1.82) is 0 Å². The standard InChI is InChI=1S/C19H19N5O5S.ClH/c1-12-4-5-16-17(8-12)30-19(20-16)22(7-6-21(2)3)18(25)13-9-14(23(26)27)11-15(10-13)24(28)29;/h4-5,8-11H,6-7H2,1-3H3;1H. The van der Waals surface area contributed by atoms with Crippen molar-refractivity contribution < 1.29 is 14.6 Å². The lowest BCUT2D eigenvalue weighted by atomic mass is 10.1. The predicted molar refractivity (Wildman–Crippen MR) is 122 cm³/mol. The number of fused-ring (bicyclic) bond motifs is 1. The Morgan fingerprint density at radius 3 is 2.19 bits per heavy atom. The summed E-state index contributed by atoms with van der Waals surface area (Å²) in [7, 11) is 3.70. The Hall–Kier alpha value is -3.15. The van der Waals surface area contributed by atoms with Crippen LogP contribution in [0.25, 0.3) is 10.2 Å². The van der Waals surface area contributed by atoms with Crippen molar-refractivity contribution in [2.45, 2.75) is 6.92 Å². The van der Waals surface area contributed by atoms with Gasteiger partial charge < -0.3 is 4.90 Å². The maximum atomic E-state index is 13.3. The van der Waals surface area contributed by atoms with E-state index in [1.165, 1.54) is 16.2 Å². The molecule has 3 aromatic rings. The van der Waals surface area contributed by atoms with Crippen molar-refractivity contribution in [3.8, 4) is 0 Å². The Bertz CT molecular complexity index is 1120. The lowest BCUT2D eigenvalue weighted by Gasteiger charge is -2.22. The van der Waals surface area contributed by atoms with Gasteiger partial charge in [-0.1, -0.05) is 17.4 Å². The zero-order chi connectivity index (χ0) is 22.0. The fourth-order valence-corrected chi connectivity index (χ4v) is 3.89. The maximum absolute atomic E-state index is 13.3. The Balaban J connectivity index is 0.00000341. The molecule has 1 aromatic heterocycles. The van der Waals surface area contributed by atoms with Crippen LogP contribution in [0.3, 0.4) is 0 Å². The van der Waals surface area contributed by atoms with Gasteiger partial charge in [-0.2, -0.15) is 0 Å². The number of benzene rings is 2. The molecule has 0 unspecified atom stereocenters. The molecule has 0 aliphatic rings. The number of nitro groups is 2. The lowest BCUT2D eigenvalue weighted by molar-refractivity contribution is -0.394. The SMILES string of the molecule is Cc1ccc2nc(N(CCN(C)C)C(=O)c3cc([N+](=O)[O-])cc([N+](=O)[O-])c3)sc2c1.Cl. The number of halogens is 1. The second-order valence-corrected chi connectivity index (χ2v) is 7.99. The van der Waals surface area contributed by atoms with Crippen molar-refractivity contribution in [3.63, 3.8) is 0 Å². The summed E-state index contributed by atoms with van der Waals surface area (Å²) in [6.45, 7) is 2.73. The van der Waals surface area contributed by atoms with Crippen LogP contribution in [0.15, 0.2) is 36.4 Å². The number of hydrogen-bond donors (Lipinski definition) is 0. The molecular formula is C19H20ClN5O5S. The first-order valence-corrected chi connectivity index (χ1v) is 9.75. The molecule has 0 saturated carbocycles. The van der Waals surface area contributed by atoms with Gasteiger partial charge in [0.2, 0.25) is 0 Å². The van der Waals surface area contributed by atoms with Gasteiger partial charge in [-0.15, -0.1) is 12.4 Å². The molecule has 0 radical (unpaired) electrons. The molecule has 3 rings (SSSR count). The summed E-state index contributed by atoms with van der Waals surface area (Å²) in [6.07, 6.45) is 0. The van der Waals surface area contributed by atoms with Crippen molar-refractivity contribution in [2.75, 3.05) is 32.1 Å². The molecule has 0 bridgehead atoms. The van der Waals surface area contributed by atoms with E-state index in [0.717, 1.165) is 34.0 Å². The van der Waals surface area contributed by atoms with Gasteiger partial charge in [-0.3, -0.25) is 29.9 Å². The highest BCUT2D eigenvalue weighted by Crippen LogP contribution is 2.31. The molecule has 1 amide bonds. The Morgan fingerprint density at radius 2 is 1.65 bits per heavy atom. The van der Waals surface area contributed by atoms with Crippen molar-refractivity contribution >= 4 is 56.4 Å². The predicted octanol–water partition coefficient (Wildman–Crippen LogP) is 4.05. The van der Waals surface area contributed by atoms with Crippen LogP contribution in [-0.2, 0) is 0 Å². The molecule has 164 valence electrons. The molecule has 12 heteroatoms. The molecular weight excluding hydrogens is 446 g/mol. The van der Waals surface area contributed by atoms with Crippen LogP contribution in [-0.4, -0.2) is 52.8 Å². The summed E-state index contributed by atoms with van der Waals surface area (Å²) >= 11 is 1.32. The van der Waals surface area contributed by atoms with Gasteiger partial charge in [-0.25, -0.2) is 4.98 Å². The third-order valence-electron chi connectivity index (χ3n) is 4.35. The number of aromatic nitrogens is 1. The number of nitro benzene ring substituents is 2. The molecule has 0 N–H and O–H groups in total. The number of aryl methyl sites for hydroxylation is 1. The second kappa shape index (κ2) is 9.77. The van der Waals surface area contributed by atoms with Crippen LogP contribution in [0.1, 0.15) is 15.9 Å². The highest BCUT2D eigenvalue weighted by atomic mass is 35.5. The summed E-state index contributed by atoms with van der Waals surface area (Å²) in [5, 5.41) is 22.8. The summed E-state index contributed by atoms with van der Waals surface area (Å²) < 4.78 is 0.901. The number of carbonyl (C=O) groups excluding carboxylic acids is 1. The minimum Gasteiger partial charge on any atom is -0.308 e. The molecule has 0 saturated heterocycles. The first-order valence-electron chi connectivity index (χ1n) is 8.93. The van der Waals surface area contributed by atoms with Crippen LogP contribution in [0.5, 0.6) is 0 Å². The van der Waals surface area contributed by atoms with E-state index in [9.17, 15) is 25.0 Å². The van der Waals surface area contributed by atoms with E-state index in [-0.39, 0.29) is 24.5 Å². The fourth-order valence-electron chi connectivity index (χ4n) is 2.80. The van der Waals surface area contributed by atoms with Gasteiger partial charge in [0.15, 0.2) is 5.13 Å². The third-order valence-corrected chi connectivity index (χ3v) is 5.39. The van der Waals surface area contributed by atoms with E-state index < -0.39 is 27.1 Å². The summed E-state index contributed by atoms with van der Waals surface area (Å²) in [5.41, 5.74) is 0.622. The minimum absolute atomic E-state index is 0. The highest BCUT2D eigenvalue weighted by Gasteiger charge is 2.26. The zero-order valence-electron chi connectivity index (χ0n) is 17.0. The number of anilines is 1. The molecule has 0 atom stereocenters. The van der Waals surface area contributed by atoms with Gasteiger partial charge in [0.25, 0.3) is 17.3 Å². The average Bonchev–Trinajstić information content (AvgIpc) is 3.09. The van der Waals surface area contributed by atoms with Crippen molar-refractivity contribution in [2.24, 2.45) is 0 Å². The van der Waals surface area contributed by atoms with E-state index in [1.807, 2.05) is 44.1 Å². The van der Waals surface area contributed by atoms with Gasteiger partial charge in [-0.05, 0) is 38.7 Å². The van der Waals surface area contributed by atoms with Crippen molar-refractivity contribution in [1.82, 2.24) is 9.88 Å². The molecule has 0 fully saturated rings. The van der Waals surface area contributed by atoms with Crippen LogP contribution >= 0.6 is 23.7 Å². The molecule has 0 spiro atoms. The van der Waals surface area contributed by atoms with E-state index in [4.69, 9.17) is 0 Å². The Labute approximate surface area is 187 Å². The summed E-state index contributed by atoms with van der Waals surface area (Å²) in [4.78, 5) is 42.0. The third kappa shape index (κ3) is 5.51. The largest absolute Gasteiger partial charge is 0.308 e. The van der Waals surface area contributed by atoms with Crippen LogP contribution in [0.2, 0.25) is 0 Å². The quantitative estimate of drug-likeness (QED) is 0.381. The smallest absolute Gasteiger partial charge is 0.277 e. The topological polar surface area (TPSA) is 123 Å². The monoisotopic (exact) mass is 465 g/mol. The van der Waals surface area contributed by atoms with Gasteiger partial charge >= 0.3 is 0 Å².